The Kier molecular flexibility index (Phi) is 7.07. The average molecular weight is 527 g/mol. The van der Waals surface area contributed by atoms with Crippen LogP contribution in [-0.4, -0.2) is 20.6 Å². The minimum atomic E-state index is -5.25. The Bertz CT molecular complexity index is 1090. The lowest BCUT2D eigenvalue weighted by atomic mass is 9.53. The predicted octanol–water partition coefficient (Wildman–Crippen LogP) is 7.31. The number of hydrogen-bond donors (Lipinski definition) is 0. The fraction of sp³-hybridized carbons (Fsp3) is 0.750. The first-order valence-electron chi connectivity index (χ1n) is 13.7. The number of alkyl halides is 3. The third kappa shape index (κ3) is 5.01. The first-order chi connectivity index (χ1) is 17.0. The van der Waals surface area contributed by atoms with E-state index in [0.717, 1.165) is 49.7 Å². The van der Waals surface area contributed by atoms with E-state index in [0.29, 0.717) is 36.4 Å². The first-order valence-corrected chi connectivity index (χ1v) is 15.1. The smallest absolute Gasteiger partial charge is 0.299 e. The van der Waals surface area contributed by atoms with Gasteiger partial charge in [0.05, 0.1) is 4.90 Å². The maximum atomic E-state index is 13.4. The number of benzene rings is 1. The Morgan fingerprint density at radius 3 is 2.53 bits per heavy atom. The fourth-order valence-corrected chi connectivity index (χ4v) is 9.28. The van der Waals surface area contributed by atoms with Crippen molar-refractivity contribution >= 4 is 15.9 Å². The van der Waals surface area contributed by atoms with Gasteiger partial charge >= 0.3 is 16.5 Å². The third-order valence-corrected chi connectivity index (χ3v) is 11.3. The van der Waals surface area contributed by atoms with Crippen molar-refractivity contribution in [1.29, 1.82) is 0 Å². The molecule has 0 aliphatic heterocycles. The average Bonchev–Trinajstić information content (AvgIpc) is 3.18. The van der Waals surface area contributed by atoms with Gasteiger partial charge in [0.1, 0.15) is 5.78 Å². The van der Waals surface area contributed by atoms with E-state index in [2.05, 4.69) is 11.1 Å². The molecule has 5 rings (SSSR count). The lowest BCUT2D eigenvalue weighted by molar-refractivity contribution is -0.271. The van der Waals surface area contributed by atoms with Crippen LogP contribution < -0.4 is 0 Å². The lowest BCUT2D eigenvalue weighted by Crippen LogP contribution is -2.44. The summed E-state index contributed by atoms with van der Waals surface area (Å²) in [6.07, 6.45) is 8.41. The molecule has 0 radical (unpaired) electrons. The van der Waals surface area contributed by atoms with Gasteiger partial charge in [0.15, 0.2) is 0 Å². The summed E-state index contributed by atoms with van der Waals surface area (Å²) in [5.74, 6) is 2.48. The summed E-state index contributed by atoms with van der Waals surface area (Å²) in [6.45, 7) is 2.32. The monoisotopic (exact) mass is 526 g/mol. The van der Waals surface area contributed by atoms with Gasteiger partial charge in [-0.05, 0) is 97.3 Å². The van der Waals surface area contributed by atoms with E-state index >= 15 is 0 Å². The third-order valence-electron chi connectivity index (χ3n) is 10.1. The van der Waals surface area contributed by atoms with Gasteiger partial charge in [0.2, 0.25) is 0 Å². The molecule has 0 spiro atoms. The van der Waals surface area contributed by atoms with Crippen LogP contribution in [0.4, 0.5) is 13.2 Å². The number of Topliss-reactive ketones (excluding diaryl/α,β-unsaturated/α-hetero) is 1. The number of hydrogen-bond acceptors (Lipinski definition) is 4. The zero-order chi connectivity index (χ0) is 25.7. The largest absolute Gasteiger partial charge is 0.537 e. The lowest BCUT2D eigenvalue weighted by Gasteiger charge is -2.50. The van der Waals surface area contributed by atoms with Crippen molar-refractivity contribution in [3.05, 3.63) is 29.3 Å². The summed E-state index contributed by atoms with van der Waals surface area (Å²) in [4.78, 5) is 12.9. The molecule has 0 heterocycles. The van der Waals surface area contributed by atoms with Crippen LogP contribution in [0.2, 0.25) is 0 Å². The molecule has 200 valence electrons. The number of rotatable bonds is 6. The second-order valence-corrected chi connectivity index (χ2v) is 13.5. The summed E-state index contributed by atoms with van der Waals surface area (Å²) >= 11 is 0. The highest BCUT2D eigenvalue weighted by atomic mass is 32.2. The quantitative estimate of drug-likeness (QED) is 0.365. The molecule has 4 nitrogen and oxygen atoms in total. The molecule has 1 aromatic carbocycles. The number of carbonyl (C=O) groups excluding carboxylic acids is 1. The van der Waals surface area contributed by atoms with Crippen molar-refractivity contribution in [3.8, 4) is 0 Å². The normalized spacial score (nSPS) is 33.0. The topological polar surface area (TPSA) is 60.4 Å². The Labute approximate surface area is 212 Å². The number of carbonyl (C=O) groups is 1. The molecule has 0 saturated heterocycles. The maximum absolute atomic E-state index is 13.4. The van der Waals surface area contributed by atoms with Crippen molar-refractivity contribution in [3.63, 3.8) is 0 Å². The van der Waals surface area contributed by atoms with Crippen molar-refractivity contribution in [1.82, 2.24) is 0 Å². The molecule has 4 aliphatic rings. The van der Waals surface area contributed by atoms with Gasteiger partial charge in [0.25, 0.3) is 0 Å². The van der Waals surface area contributed by atoms with Crippen molar-refractivity contribution in [2.45, 2.75) is 108 Å². The number of ketones is 1. The summed E-state index contributed by atoms with van der Waals surface area (Å²) in [5, 5.41) is 0. The molecular formula is C28H37F3O4S. The maximum Gasteiger partial charge on any atom is 0.537 e. The molecule has 4 aliphatic carbocycles. The van der Waals surface area contributed by atoms with Crippen molar-refractivity contribution in [2.24, 2.45) is 29.1 Å². The summed E-state index contributed by atoms with van der Waals surface area (Å²) < 4.78 is 65.3. The first kappa shape index (κ1) is 26.2. The molecule has 0 bridgehead atoms. The molecule has 1 aromatic rings. The minimum absolute atomic E-state index is 0.0200. The summed E-state index contributed by atoms with van der Waals surface area (Å²) in [6, 6.07) is 4.32. The van der Waals surface area contributed by atoms with Crippen LogP contribution in [0.3, 0.4) is 0 Å². The van der Waals surface area contributed by atoms with E-state index in [9.17, 15) is 26.4 Å². The van der Waals surface area contributed by atoms with E-state index < -0.39 is 21.4 Å². The SMILES string of the molecule is C[C@]12CC[C@@H]3c4ccc(S(=O)(=O)OC(F)(F)F)cc4CC[C@H]3[C@@H]1CC[C@@H]2C(=O)CCC1CCCCC1. The highest BCUT2D eigenvalue weighted by molar-refractivity contribution is 7.86. The van der Waals surface area contributed by atoms with Crippen LogP contribution in [-0.2, 0) is 25.5 Å². The zero-order valence-electron chi connectivity index (χ0n) is 21.0. The number of aryl methyl sites for hydroxylation is 1. The highest BCUT2D eigenvalue weighted by Gasteiger charge is 2.56. The van der Waals surface area contributed by atoms with Crippen LogP contribution in [0.5, 0.6) is 0 Å². The van der Waals surface area contributed by atoms with E-state index in [1.165, 1.54) is 44.2 Å². The Balaban J connectivity index is 1.29. The van der Waals surface area contributed by atoms with Crippen LogP contribution in [0, 0.1) is 29.1 Å². The van der Waals surface area contributed by atoms with E-state index in [1.807, 2.05) is 0 Å². The van der Waals surface area contributed by atoms with Gasteiger partial charge in [0, 0.05) is 12.3 Å². The molecule has 36 heavy (non-hydrogen) atoms. The van der Waals surface area contributed by atoms with Crippen molar-refractivity contribution in [2.75, 3.05) is 0 Å². The molecule has 0 aromatic heterocycles. The van der Waals surface area contributed by atoms with Gasteiger partial charge in [-0.15, -0.1) is 13.2 Å². The summed E-state index contributed by atoms with van der Waals surface area (Å²) in [5.41, 5.74) is 1.89. The Morgan fingerprint density at radius 1 is 1.06 bits per heavy atom. The molecule has 0 N–H and O–H groups in total. The van der Waals surface area contributed by atoms with Gasteiger partial charge < -0.3 is 0 Å². The number of halogens is 3. The minimum Gasteiger partial charge on any atom is -0.299 e. The molecule has 0 amide bonds. The standard InChI is InChI=1S/C28H37F3O4S/c1-27-16-15-22-21-11-9-20(36(33,34)35-28(29,30)31)17-19(21)8-10-23(22)24(27)12-13-25(27)26(32)14-7-18-5-3-2-4-6-18/h9,11,17-18,22-25H,2-8,10,12-16H2,1H3/t22-,23-,24+,25-,27+/m1/s1. The molecular weight excluding hydrogens is 489 g/mol. The Morgan fingerprint density at radius 2 is 1.81 bits per heavy atom. The molecule has 8 heteroatoms. The molecule has 0 unspecified atom stereocenters. The van der Waals surface area contributed by atoms with Gasteiger partial charge in [-0.3, -0.25) is 4.79 Å². The van der Waals surface area contributed by atoms with E-state index in [-0.39, 0.29) is 17.3 Å². The second kappa shape index (κ2) is 9.72. The molecule has 3 saturated carbocycles. The van der Waals surface area contributed by atoms with E-state index in [4.69, 9.17) is 0 Å². The van der Waals surface area contributed by atoms with Crippen LogP contribution in [0.25, 0.3) is 0 Å². The fourth-order valence-electron chi connectivity index (χ4n) is 8.41. The number of fused-ring (bicyclic) bond motifs is 5. The summed E-state index contributed by atoms with van der Waals surface area (Å²) in [7, 11) is -4.90. The molecule has 3 fully saturated rings. The second-order valence-electron chi connectivity index (χ2n) is 11.9. The van der Waals surface area contributed by atoms with Crippen LogP contribution in [0.15, 0.2) is 23.1 Å². The van der Waals surface area contributed by atoms with Crippen molar-refractivity contribution < 1.29 is 30.6 Å². The van der Waals surface area contributed by atoms with Crippen LogP contribution in [0.1, 0.15) is 101 Å². The highest BCUT2D eigenvalue weighted by Crippen LogP contribution is 2.63. The predicted molar refractivity (Wildman–Crippen MR) is 130 cm³/mol. The van der Waals surface area contributed by atoms with Gasteiger partial charge in [-0.25, -0.2) is 0 Å². The van der Waals surface area contributed by atoms with Crippen LogP contribution >= 0.6 is 0 Å². The Hall–Kier alpha value is -1.41. The zero-order valence-corrected chi connectivity index (χ0v) is 21.8. The van der Waals surface area contributed by atoms with E-state index in [1.54, 1.807) is 6.07 Å². The van der Waals surface area contributed by atoms with Gasteiger partial charge in [-0.2, -0.15) is 12.6 Å². The molecule has 5 atom stereocenters. The van der Waals surface area contributed by atoms with Gasteiger partial charge in [-0.1, -0.05) is 45.1 Å².